The van der Waals surface area contributed by atoms with Crippen LogP contribution in [0.4, 0.5) is 0 Å². The van der Waals surface area contributed by atoms with Crippen LogP contribution in [0.1, 0.15) is 552 Å². The maximum absolute atomic E-state index is 13.3. The summed E-state index contributed by atoms with van der Waals surface area (Å²) in [6, 6.07) is 18.6. The van der Waals surface area contributed by atoms with Gasteiger partial charge in [-0.2, -0.15) is 0 Å². The van der Waals surface area contributed by atoms with Gasteiger partial charge in [0, 0.05) is 31.3 Å². The van der Waals surface area contributed by atoms with Crippen molar-refractivity contribution in [1.29, 1.82) is 0 Å². The fraction of sp³-hybridized carbons (Fsp3) is 0.734. The van der Waals surface area contributed by atoms with Crippen LogP contribution < -0.4 is 18.9 Å². The van der Waals surface area contributed by atoms with Crippen molar-refractivity contribution in [3.8, 4) is 23.0 Å². The Morgan fingerprint density at radius 2 is 0.353 bits per heavy atom. The third kappa shape index (κ3) is 60.8. The molecule has 0 radical (unpaired) electrons. The maximum Gasteiger partial charge on any atom is 0.333 e. The van der Waals surface area contributed by atoms with E-state index >= 15 is 0 Å². The van der Waals surface area contributed by atoms with E-state index < -0.39 is 23.9 Å². The Labute approximate surface area is 847 Å². The lowest BCUT2D eigenvalue weighted by Crippen LogP contribution is -2.17. The molecular formula is C124H200O15. The Kier molecular flexibility index (Phi) is 72.1. The zero-order valence-electron chi connectivity index (χ0n) is 90.1. The fourth-order valence-electron chi connectivity index (χ4n) is 20.1. The number of unbranched alkanes of at least 4 members (excludes halogenated alkanes) is 60. The van der Waals surface area contributed by atoms with Crippen molar-refractivity contribution in [3.05, 3.63) is 127 Å². The van der Waals surface area contributed by atoms with Crippen LogP contribution in [-0.2, 0) is 104 Å². The number of carbonyl (C=O) groups excluding carboxylic acids is 7. The average molecular weight is 1930 g/mol. The third-order valence-electron chi connectivity index (χ3n) is 27.9. The van der Waals surface area contributed by atoms with Crippen molar-refractivity contribution in [2.24, 2.45) is 0 Å². The number of Topliss-reactive ketones (excluding diaryl/α,β-unsaturated/α-hetero) is 3. The zero-order valence-corrected chi connectivity index (χ0v) is 90.1. The number of hydrogen-bond acceptors (Lipinski definition) is 15. The van der Waals surface area contributed by atoms with Crippen molar-refractivity contribution in [2.75, 3.05) is 52.9 Å². The van der Waals surface area contributed by atoms with Crippen molar-refractivity contribution < 1.29 is 71.5 Å². The smallest absolute Gasteiger partial charge is 0.333 e. The predicted molar refractivity (Wildman–Crippen MR) is 577 cm³/mol. The van der Waals surface area contributed by atoms with E-state index in [4.69, 9.17) is 37.9 Å². The molecule has 0 N–H and O–H groups in total. The Balaban J connectivity index is 1.76. The van der Waals surface area contributed by atoms with Gasteiger partial charge in [-0.15, -0.1) is 0 Å². The summed E-state index contributed by atoms with van der Waals surface area (Å²) in [7, 11) is 0. The van der Waals surface area contributed by atoms with E-state index in [1.165, 1.54) is 371 Å². The number of rotatable bonds is 91. The summed E-state index contributed by atoms with van der Waals surface area (Å²) in [6.07, 6.45) is 85.1. The second-order valence-electron chi connectivity index (χ2n) is 41.5. The molecule has 4 aromatic rings. The maximum atomic E-state index is 13.3. The monoisotopic (exact) mass is 1930 g/mol. The molecule has 8 bridgehead atoms. The lowest BCUT2D eigenvalue weighted by molar-refractivity contribution is -0.147. The summed E-state index contributed by atoms with van der Waals surface area (Å²) in [5.41, 5.74) is 12.3. The van der Waals surface area contributed by atoms with E-state index in [1.807, 2.05) is 0 Å². The summed E-state index contributed by atoms with van der Waals surface area (Å²) in [6.45, 7) is 18.6. The van der Waals surface area contributed by atoms with Crippen LogP contribution in [0, 0.1) is 0 Å². The molecule has 4 aromatic carbocycles. The van der Waals surface area contributed by atoms with Crippen molar-refractivity contribution in [3.63, 3.8) is 0 Å². The molecule has 15 nitrogen and oxygen atoms in total. The molecule has 1 aliphatic rings. The van der Waals surface area contributed by atoms with Gasteiger partial charge in [0.05, 0.1) is 0 Å². The number of carbonyl (C=O) groups is 7. The highest BCUT2D eigenvalue weighted by molar-refractivity contribution is 5.95. The van der Waals surface area contributed by atoms with E-state index in [2.05, 4.69) is 82.8 Å². The second kappa shape index (κ2) is 82.1. The average Bonchev–Trinajstić information content (AvgIpc) is 0.771. The van der Waals surface area contributed by atoms with Crippen molar-refractivity contribution in [1.82, 2.24) is 0 Å². The summed E-state index contributed by atoms with van der Waals surface area (Å²) >= 11 is 0. The number of ketones is 3. The van der Waals surface area contributed by atoms with Crippen LogP contribution >= 0.6 is 0 Å². The molecule has 0 fully saturated rings. The van der Waals surface area contributed by atoms with Gasteiger partial charge < -0.3 is 37.9 Å². The molecule has 0 heterocycles. The Bertz CT molecular complexity index is 3770. The molecule has 786 valence electrons. The molecule has 0 amide bonds. The molecule has 0 saturated heterocycles. The van der Waals surface area contributed by atoms with Crippen LogP contribution in [0.2, 0.25) is 0 Å². The second-order valence-corrected chi connectivity index (χ2v) is 41.5. The molecule has 0 spiro atoms. The first-order valence-electron chi connectivity index (χ1n) is 57.8. The first-order chi connectivity index (χ1) is 67.9. The minimum atomic E-state index is -0.617. The molecule has 0 aromatic heterocycles. The minimum Gasteiger partial charge on any atom is -0.489 e. The highest BCUT2D eigenvalue weighted by atomic mass is 16.6. The zero-order chi connectivity index (χ0) is 99.9. The first-order valence-corrected chi connectivity index (χ1v) is 57.8. The standard InChI is InChI=1S/C124H200O15/c1-10-14-18-22-26-30-34-38-42-46-50-54-58-62-66-70-74-105-89-109-97-111-91-106(75-71-67-63-59-55-51-47-43-39-35-31-27-23-19-15-11-2)93-113(121(111)136-82-79-133-118(129)87-103(8)126)99-115-95-108(77-73-69-65-61-57-53-49-45-41-37-33-29-25-21-17-13-4)96-116(123(115)138-84-85-139-124(131)101(5)6)100-114-94-107(76-72-68-64-60-56-52-48-44-40-36-32-28-24-20-16-12-3)92-112(122(114)137-83-80-134-119(130)88-104(9)127)98-110(90-105)120(109)135-81-78-132-117(128)86-102(7)125/h89-96H,5,10-88,97-100H2,1-4,6-9H3. The van der Waals surface area contributed by atoms with Gasteiger partial charge in [-0.05, 0) is 146 Å². The van der Waals surface area contributed by atoms with Crippen LogP contribution in [0.5, 0.6) is 23.0 Å². The minimum absolute atomic E-state index is 0.00123. The molecule has 139 heavy (non-hydrogen) atoms. The van der Waals surface area contributed by atoms with Gasteiger partial charge in [0.15, 0.2) is 0 Å². The summed E-state index contributed by atoms with van der Waals surface area (Å²) < 4.78 is 52.3. The van der Waals surface area contributed by atoms with E-state index in [0.717, 1.165) is 153 Å². The fourth-order valence-corrected chi connectivity index (χ4v) is 20.1. The van der Waals surface area contributed by atoms with Crippen LogP contribution in [-0.4, -0.2) is 94.1 Å². The Morgan fingerprint density at radius 3 is 0.496 bits per heavy atom. The van der Waals surface area contributed by atoms with Gasteiger partial charge in [0.2, 0.25) is 0 Å². The lowest BCUT2D eigenvalue weighted by atomic mass is 9.86. The van der Waals surface area contributed by atoms with E-state index in [-0.39, 0.29) is 89.5 Å². The number of aryl methyl sites for hydroxylation is 4. The molecule has 15 heteroatoms. The Morgan fingerprint density at radius 1 is 0.209 bits per heavy atom. The predicted octanol–water partition coefficient (Wildman–Crippen LogP) is 33.8. The highest BCUT2D eigenvalue weighted by Crippen LogP contribution is 2.43. The lowest BCUT2D eigenvalue weighted by Gasteiger charge is -2.25. The normalized spacial score (nSPS) is 11.8. The molecule has 0 atom stereocenters. The van der Waals surface area contributed by atoms with Gasteiger partial charge >= 0.3 is 23.9 Å². The quantitative estimate of drug-likeness (QED) is 0.0117. The Hall–Kier alpha value is -7.29. The van der Waals surface area contributed by atoms with Gasteiger partial charge in [-0.1, -0.05) is 468 Å². The molecule has 0 aliphatic heterocycles. The number of hydrogen-bond donors (Lipinski definition) is 0. The highest BCUT2D eigenvalue weighted by Gasteiger charge is 2.27. The third-order valence-corrected chi connectivity index (χ3v) is 27.9. The molecule has 0 saturated carbocycles. The number of fused-ring (bicyclic) bond motifs is 8. The van der Waals surface area contributed by atoms with Crippen LogP contribution in [0.15, 0.2) is 60.7 Å². The summed E-state index contributed by atoms with van der Waals surface area (Å²) in [4.78, 5) is 90.2. The van der Waals surface area contributed by atoms with Crippen molar-refractivity contribution >= 4 is 41.2 Å². The molecule has 0 unspecified atom stereocenters. The topological polar surface area (TPSA) is 193 Å². The number of esters is 4. The summed E-state index contributed by atoms with van der Waals surface area (Å²) in [5.74, 6) is -0.592. The SMILES string of the molecule is C=C(C)C(=O)OCCOc1c2cc(CCCCCCCCCCCCCCCCCC)cc1Cc1cc(CCCCCCCCCCCCCCCCCC)cc(c1OCCOC(=O)CC(C)=O)Cc1cc(CCCCCCCCCCCCCCCCCC)cc(c1OCCOC(=O)CC(C)=O)Cc1cc(CCCCCCCCCCCCCCCCCC)cc(c1OCCOC(=O)CC(C)=O)C2. The van der Waals surface area contributed by atoms with Crippen LogP contribution in [0.25, 0.3) is 0 Å². The largest absolute Gasteiger partial charge is 0.489 e. The number of ether oxygens (including phenoxy) is 8. The summed E-state index contributed by atoms with van der Waals surface area (Å²) in [5, 5.41) is 0. The van der Waals surface area contributed by atoms with Gasteiger partial charge in [-0.3, -0.25) is 28.8 Å². The molecule has 1 aliphatic carbocycles. The molecular weight excluding hydrogens is 1730 g/mol. The van der Waals surface area contributed by atoms with E-state index in [9.17, 15) is 33.6 Å². The van der Waals surface area contributed by atoms with Crippen molar-refractivity contribution in [2.45, 2.75) is 537 Å². The van der Waals surface area contributed by atoms with Gasteiger partial charge in [-0.25, -0.2) is 4.79 Å². The van der Waals surface area contributed by atoms with E-state index in [0.29, 0.717) is 54.3 Å². The van der Waals surface area contributed by atoms with E-state index in [1.54, 1.807) is 6.92 Å². The van der Waals surface area contributed by atoms with Gasteiger partial charge in [0.1, 0.15) is 112 Å². The van der Waals surface area contributed by atoms with Crippen LogP contribution in [0.3, 0.4) is 0 Å². The molecule has 5 rings (SSSR count). The van der Waals surface area contributed by atoms with Gasteiger partial charge in [0.25, 0.3) is 0 Å². The first kappa shape index (κ1) is 122. The number of benzene rings is 4.